The topological polar surface area (TPSA) is 63.3 Å². The van der Waals surface area contributed by atoms with Gasteiger partial charge in [-0.05, 0) is 41.3 Å². The maximum atomic E-state index is 12.8. The zero-order valence-corrected chi connectivity index (χ0v) is 19.2. The van der Waals surface area contributed by atoms with E-state index in [1.165, 1.54) is 5.56 Å². The van der Waals surface area contributed by atoms with Gasteiger partial charge in [0.25, 0.3) is 0 Å². The van der Waals surface area contributed by atoms with Gasteiger partial charge in [0.15, 0.2) is 11.5 Å². The van der Waals surface area contributed by atoms with Gasteiger partial charge in [-0.1, -0.05) is 32.0 Å². The van der Waals surface area contributed by atoms with Crippen LogP contribution >= 0.6 is 0 Å². The van der Waals surface area contributed by atoms with E-state index in [-0.39, 0.29) is 11.9 Å². The van der Waals surface area contributed by atoms with Crippen LogP contribution < -0.4 is 19.5 Å². The molecule has 1 saturated heterocycles. The molecule has 2 aromatic carbocycles. The van der Waals surface area contributed by atoms with Crippen molar-refractivity contribution in [2.75, 3.05) is 46.6 Å². The SMILES string of the molecule is COc1ccc(C(NC(=O)CN2CCN(Cc3ccc4c(c3)OCO4)CC2)C(C)C)cc1. The van der Waals surface area contributed by atoms with Gasteiger partial charge in [0.1, 0.15) is 5.75 Å². The van der Waals surface area contributed by atoms with Crippen LogP contribution in [0.2, 0.25) is 0 Å². The number of hydrogen-bond donors (Lipinski definition) is 1. The van der Waals surface area contributed by atoms with Gasteiger partial charge in [-0.3, -0.25) is 14.6 Å². The minimum atomic E-state index is -0.0132. The third kappa shape index (κ3) is 5.53. The summed E-state index contributed by atoms with van der Waals surface area (Å²) >= 11 is 0. The molecule has 0 saturated carbocycles. The molecule has 172 valence electrons. The lowest BCUT2D eigenvalue weighted by Gasteiger charge is -2.34. The minimum absolute atomic E-state index is 0.0132. The number of ether oxygens (including phenoxy) is 3. The van der Waals surface area contributed by atoms with E-state index in [1.807, 2.05) is 30.3 Å². The molecule has 1 atom stereocenters. The van der Waals surface area contributed by atoms with Gasteiger partial charge in [0.05, 0.1) is 19.7 Å². The first-order chi connectivity index (χ1) is 15.5. The van der Waals surface area contributed by atoms with E-state index >= 15 is 0 Å². The number of nitrogens with one attached hydrogen (secondary N) is 1. The quantitative estimate of drug-likeness (QED) is 0.682. The maximum Gasteiger partial charge on any atom is 0.234 e. The zero-order valence-electron chi connectivity index (χ0n) is 19.2. The summed E-state index contributed by atoms with van der Waals surface area (Å²) in [5, 5.41) is 3.23. The van der Waals surface area contributed by atoms with E-state index in [1.54, 1.807) is 7.11 Å². The fourth-order valence-corrected chi connectivity index (χ4v) is 4.27. The third-order valence-corrected chi connectivity index (χ3v) is 6.13. The number of nitrogens with zero attached hydrogens (tertiary/aromatic N) is 2. The van der Waals surface area contributed by atoms with Gasteiger partial charge in [0.2, 0.25) is 12.7 Å². The largest absolute Gasteiger partial charge is 0.497 e. The van der Waals surface area contributed by atoms with Crippen LogP contribution in [0.1, 0.15) is 31.0 Å². The molecule has 1 amide bonds. The van der Waals surface area contributed by atoms with Crippen LogP contribution in [-0.4, -0.2) is 62.3 Å². The number of rotatable bonds is 8. The predicted molar refractivity (Wildman–Crippen MR) is 123 cm³/mol. The number of carbonyl (C=O) groups excluding carboxylic acids is 1. The Morgan fingerprint density at radius 2 is 1.69 bits per heavy atom. The Morgan fingerprint density at radius 1 is 1.00 bits per heavy atom. The minimum Gasteiger partial charge on any atom is -0.497 e. The van der Waals surface area contributed by atoms with Crippen molar-refractivity contribution < 1.29 is 19.0 Å². The van der Waals surface area contributed by atoms with Crippen molar-refractivity contribution in [2.24, 2.45) is 5.92 Å². The summed E-state index contributed by atoms with van der Waals surface area (Å²) in [6.07, 6.45) is 0. The number of methoxy groups -OCH3 is 1. The highest BCUT2D eigenvalue weighted by atomic mass is 16.7. The van der Waals surface area contributed by atoms with Gasteiger partial charge in [-0.15, -0.1) is 0 Å². The summed E-state index contributed by atoms with van der Waals surface area (Å²) < 4.78 is 16.1. The van der Waals surface area contributed by atoms with Crippen molar-refractivity contribution in [3.63, 3.8) is 0 Å². The Bertz CT molecular complexity index is 908. The molecule has 2 aliphatic rings. The molecule has 2 heterocycles. The lowest BCUT2D eigenvalue weighted by atomic mass is 9.96. The van der Waals surface area contributed by atoms with Crippen LogP contribution in [0.5, 0.6) is 17.2 Å². The monoisotopic (exact) mass is 439 g/mol. The second kappa shape index (κ2) is 10.2. The van der Waals surface area contributed by atoms with E-state index < -0.39 is 0 Å². The first-order valence-electron chi connectivity index (χ1n) is 11.3. The van der Waals surface area contributed by atoms with Crippen LogP contribution in [0.25, 0.3) is 0 Å². The van der Waals surface area contributed by atoms with E-state index in [2.05, 4.69) is 41.1 Å². The van der Waals surface area contributed by atoms with E-state index in [4.69, 9.17) is 14.2 Å². The molecule has 4 rings (SSSR count). The molecule has 7 heteroatoms. The molecule has 2 aromatic rings. The molecule has 0 aromatic heterocycles. The van der Waals surface area contributed by atoms with Crippen LogP contribution in [0, 0.1) is 5.92 Å². The molecule has 0 aliphatic carbocycles. The number of piperazine rings is 1. The summed E-state index contributed by atoms with van der Waals surface area (Å²) in [6.45, 7) is 9.51. The average molecular weight is 440 g/mol. The number of benzene rings is 2. The van der Waals surface area contributed by atoms with Crippen molar-refractivity contribution in [1.29, 1.82) is 0 Å². The first kappa shape index (κ1) is 22.4. The Hall–Kier alpha value is -2.77. The molecule has 1 N–H and O–H groups in total. The normalized spacial score (nSPS) is 17.4. The van der Waals surface area contributed by atoms with Crippen LogP contribution in [0.4, 0.5) is 0 Å². The molecular formula is C25H33N3O4. The molecule has 2 aliphatic heterocycles. The molecule has 0 spiro atoms. The summed E-state index contributed by atoms with van der Waals surface area (Å²) in [6, 6.07) is 14.1. The van der Waals surface area contributed by atoms with Crippen LogP contribution in [0.15, 0.2) is 42.5 Å². The molecule has 0 bridgehead atoms. The highest BCUT2D eigenvalue weighted by Gasteiger charge is 2.23. The van der Waals surface area contributed by atoms with Gasteiger partial charge in [0, 0.05) is 32.7 Å². The number of hydrogen-bond acceptors (Lipinski definition) is 6. The second-order valence-electron chi connectivity index (χ2n) is 8.80. The van der Waals surface area contributed by atoms with Gasteiger partial charge < -0.3 is 19.5 Å². The lowest BCUT2D eigenvalue weighted by Crippen LogP contribution is -2.49. The highest BCUT2D eigenvalue weighted by Crippen LogP contribution is 2.33. The van der Waals surface area contributed by atoms with Gasteiger partial charge in [-0.2, -0.15) is 0 Å². The lowest BCUT2D eigenvalue weighted by molar-refractivity contribution is -0.123. The van der Waals surface area contributed by atoms with Gasteiger partial charge in [-0.25, -0.2) is 0 Å². The van der Waals surface area contributed by atoms with E-state index in [0.717, 1.165) is 55.5 Å². The molecule has 0 radical (unpaired) electrons. The van der Waals surface area contributed by atoms with Crippen molar-refractivity contribution in [2.45, 2.75) is 26.4 Å². The maximum absolute atomic E-state index is 12.8. The summed E-state index contributed by atoms with van der Waals surface area (Å²) in [5.41, 5.74) is 2.32. The van der Waals surface area contributed by atoms with Crippen LogP contribution in [0.3, 0.4) is 0 Å². The highest BCUT2D eigenvalue weighted by molar-refractivity contribution is 5.78. The molecule has 1 fully saturated rings. The number of fused-ring (bicyclic) bond motifs is 1. The number of carbonyl (C=O) groups is 1. The first-order valence-corrected chi connectivity index (χ1v) is 11.3. The second-order valence-corrected chi connectivity index (χ2v) is 8.80. The Balaban J connectivity index is 1.25. The Labute approximate surface area is 190 Å². The third-order valence-electron chi connectivity index (χ3n) is 6.13. The fourth-order valence-electron chi connectivity index (χ4n) is 4.27. The molecule has 32 heavy (non-hydrogen) atoms. The van der Waals surface area contributed by atoms with Gasteiger partial charge >= 0.3 is 0 Å². The van der Waals surface area contributed by atoms with Crippen molar-refractivity contribution in [3.8, 4) is 17.2 Å². The van der Waals surface area contributed by atoms with Crippen LogP contribution in [-0.2, 0) is 11.3 Å². The average Bonchev–Trinajstić information content (AvgIpc) is 3.27. The van der Waals surface area contributed by atoms with E-state index in [0.29, 0.717) is 19.3 Å². The Kier molecular flexibility index (Phi) is 7.17. The molecular weight excluding hydrogens is 406 g/mol. The summed E-state index contributed by atoms with van der Waals surface area (Å²) in [7, 11) is 1.66. The standard InChI is InChI=1S/C25H33N3O4/c1-18(2)25(20-5-7-21(30-3)8-6-20)26-24(29)16-28-12-10-27(11-13-28)15-19-4-9-22-23(14-19)32-17-31-22/h4-9,14,18,25H,10-13,15-17H2,1-3H3,(H,26,29). The van der Waals surface area contributed by atoms with Crippen molar-refractivity contribution in [3.05, 3.63) is 53.6 Å². The summed E-state index contributed by atoms with van der Waals surface area (Å²) in [4.78, 5) is 17.4. The zero-order chi connectivity index (χ0) is 22.5. The molecule has 7 nitrogen and oxygen atoms in total. The molecule has 1 unspecified atom stereocenters. The van der Waals surface area contributed by atoms with Crippen molar-refractivity contribution >= 4 is 5.91 Å². The number of amides is 1. The summed E-state index contributed by atoms with van der Waals surface area (Å²) in [5.74, 6) is 2.84. The van der Waals surface area contributed by atoms with Crippen molar-refractivity contribution in [1.82, 2.24) is 15.1 Å². The Morgan fingerprint density at radius 3 is 2.38 bits per heavy atom. The van der Waals surface area contributed by atoms with E-state index in [9.17, 15) is 4.79 Å². The predicted octanol–water partition coefficient (Wildman–Crippen LogP) is 3.06. The smallest absolute Gasteiger partial charge is 0.234 e. The fraction of sp³-hybridized carbons (Fsp3) is 0.480.